The zero-order valence-electron chi connectivity index (χ0n) is 6.21. The second kappa shape index (κ2) is 3.65. The van der Waals surface area contributed by atoms with Crippen molar-refractivity contribution >= 4 is 29.2 Å². The summed E-state index contributed by atoms with van der Waals surface area (Å²) >= 11 is 11.2. The summed E-state index contributed by atoms with van der Waals surface area (Å²) in [5.41, 5.74) is 0.0577. The third-order valence-corrected chi connectivity index (χ3v) is 2.00. The molecule has 0 heterocycles. The number of halogens is 2. The predicted octanol–water partition coefficient (Wildman–Crippen LogP) is 2.56. The zero-order valence-corrected chi connectivity index (χ0v) is 7.73. The van der Waals surface area contributed by atoms with Crippen molar-refractivity contribution in [3.8, 4) is 6.07 Å². The lowest BCUT2D eigenvalue weighted by molar-refractivity contribution is 0.0697. The van der Waals surface area contributed by atoms with Crippen LogP contribution in [0.25, 0.3) is 0 Å². The number of nitrogens with zero attached hydrogens (tertiary/aromatic N) is 1. The van der Waals surface area contributed by atoms with E-state index in [1.165, 1.54) is 12.1 Å². The highest BCUT2D eigenvalue weighted by Crippen LogP contribution is 2.25. The zero-order chi connectivity index (χ0) is 10.0. The summed E-state index contributed by atoms with van der Waals surface area (Å²) in [7, 11) is 0. The van der Waals surface area contributed by atoms with E-state index in [-0.39, 0.29) is 21.2 Å². The van der Waals surface area contributed by atoms with Gasteiger partial charge in [-0.2, -0.15) is 5.26 Å². The van der Waals surface area contributed by atoms with Gasteiger partial charge in [0.05, 0.1) is 21.2 Å². The lowest BCUT2D eigenvalue weighted by Crippen LogP contribution is -1.96. The van der Waals surface area contributed by atoms with Crippen molar-refractivity contribution < 1.29 is 9.90 Å². The highest BCUT2D eigenvalue weighted by molar-refractivity contribution is 6.37. The first-order valence-corrected chi connectivity index (χ1v) is 3.94. The minimum absolute atomic E-state index is 0.0333. The summed E-state index contributed by atoms with van der Waals surface area (Å²) in [5.74, 6) is -1.13. The molecule has 0 spiro atoms. The van der Waals surface area contributed by atoms with Crippen LogP contribution >= 0.6 is 23.2 Å². The van der Waals surface area contributed by atoms with E-state index in [0.717, 1.165) is 0 Å². The normalized spacial score (nSPS) is 9.31. The van der Waals surface area contributed by atoms with Gasteiger partial charge in [-0.3, -0.25) is 0 Å². The maximum atomic E-state index is 10.5. The highest BCUT2D eigenvalue weighted by Gasteiger charge is 2.11. The molecule has 1 N–H and O–H groups in total. The molecule has 0 aliphatic rings. The number of carboxylic acids is 1. The molecule has 1 aromatic rings. The molecular formula is C8H3Cl2NO2. The van der Waals surface area contributed by atoms with Gasteiger partial charge in [-0.15, -0.1) is 0 Å². The van der Waals surface area contributed by atoms with Crippen molar-refractivity contribution in [3.63, 3.8) is 0 Å². The minimum Gasteiger partial charge on any atom is -0.478 e. The second-order valence-corrected chi connectivity index (χ2v) is 3.05. The SMILES string of the molecule is N#Cc1c(Cl)cc(C(=O)O)cc1Cl. The summed E-state index contributed by atoms with van der Waals surface area (Å²) in [6, 6.07) is 4.15. The van der Waals surface area contributed by atoms with Crippen molar-refractivity contribution in [1.29, 1.82) is 5.26 Å². The lowest BCUT2D eigenvalue weighted by atomic mass is 10.1. The van der Waals surface area contributed by atoms with Crippen molar-refractivity contribution in [2.45, 2.75) is 0 Å². The van der Waals surface area contributed by atoms with Crippen molar-refractivity contribution in [1.82, 2.24) is 0 Å². The highest BCUT2D eigenvalue weighted by atomic mass is 35.5. The van der Waals surface area contributed by atoms with Gasteiger partial charge in [0.2, 0.25) is 0 Å². The minimum atomic E-state index is -1.13. The van der Waals surface area contributed by atoms with E-state index in [2.05, 4.69) is 0 Å². The molecule has 0 radical (unpaired) electrons. The van der Waals surface area contributed by atoms with Crippen molar-refractivity contribution in [3.05, 3.63) is 33.3 Å². The molecule has 5 heteroatoms. The van der Waals surface area contributed by atoms with Crippen LogP contribution in [0.5, 0.6) is 0 Å². The Labute approximate surface area is 84.1 Å². The molecule has 0 aromatic heterocycles. The molecule has 1 aromatic carbocycles. The summed E-state index contributed by atoms with van der Waals surface area (Å²) in [5, 5.41) is 17.3. The van der Waals surface area contributed by atoms with Gasteiger partial charge < -0.3 is 5.11 Å². The molecule has 1 rings (SSSR count). The first-order valence-electron chi connectivity index (χ1n) is 3.18. The lowest BCUT2D eigenvalue weighted by Gasteiger charge is -2.00. The third-order valence-electron chi connectivity index (χ3n) is 1.40. The number of carbonyl (C=O) groups is 1. The Morgan fingerprint density at radius 3 is 2.15 bits per heavy atom. The van der Waals surface area contributed by atoms with Gasteiger partial charge in [0, 0.05) is 0 Å². The molecule has 0 saturated heterocycles. The quantitative estimate of drug-likeness (QED) is 0.784. The Kier molecular flexibility index (Phi) is 2.76. The number of hydrogen-bond acceptors (Lipinski definition) is 2. The first kappa shape index (κ1) is 9.85. The van der Waals surface area contributed by atoms with E-state index in [9.17, 15) is 4.79 Å². The summed E-state index contributed by atoms with van der Waals surface area (Å²) in [6.07, 6.45) is 0. The topological polar surface area (TPSA) is 61.1 Å². The van der Waals surface area contributed by atoms with Gasteiger partial charge in [-0.1, -0.05) is 23.2 Å². The number of benzene rings is 1. The van der Waals surface area contributed by atoms with Gasteiger partial charge in [-0.25, -0.2) is 4.79 Å². The Bertz CT molecular complexity index is 386. The van der Waals surface area contributed by atoms with Crippen molar-refractivity contribution in [2.24, 2.45) is 0 Å². The molecule has 0 fully saturated rings. The predicted molar refractivity (Wildman–Crippen MR) is 48.1 cm³/mol. The standard InChI is InChI=1S/C8H3Cl2NO2/c9-6-1-4(8(12)13)2-7(10)5(6)3-11/h1-2H,(H,12,13). The molecule has 66 valence electrons. The van der Waals surface area contributed by atoms with Crippen LogP contribution in [0.3, 0.4) is 0 Å². The Morgan fingerprint density at radius 1 is 1.38 bits per heavy atom. The summed E-state index contributed by atoms with van der Waals surface area (Å²) in [6.45, 7) is 0. The molecule has 0 unspecified atom stereocenters. The van der Waals surface area contributed by atoms with Gasteiger partial charge in [-0.05, 0) is 12.1 Å². The van der Waals surface area contributed by atoms with Crippen LogP contribution in [0.4, 0.5) is 0 Å². The van der Waals surface area contributed by atoms with E-state index in [4.69, 9.17) is 33.6 Å². The van der Waals surface area contributed by atoms with Gasteiger partial charge in [0.25, 0.3) is 0 Å². The van der Waals surface area contributed by atoms with E-state index in [1.54, 1.807) is 6.07 Å². The molecule has 0 saturated carbocycles. The number of hydrogen-bond donors (Lipinski definition) is 1. The van der Waals surface area contributed by atoms with Gasteiger partial charge in [0.1, 0.15) is 6.07 Å². The van der Waals surface area contributed by atoms with Gasteiger partial charge >= 0.3 is 5.97 Å². The van der Waals surface area contributed by atoms with Crippen LogP contribution in [-0.2, 0) is 0 Å². The maximum Gasteiger partial charge on any atom is 0.335 e. The van der Waals surface area contributed by atoms with E-state index in [0.29, 0.717) is 0 Å². The fraction of sp³-hybridized carbons (Fsp3) is 0. The maximum absolute atomic E-state index is 10.5. The molecular weight excluding hydrogens is 213 g/mol. The number of rotatable bonds is 1. The van der Waals surface area contributed by atoms with Crippen molar-refractivity contribution in [2.75, 3.05) is 0 Å². The number of carboxylic acid groups (broad SMARTS) is 1. The van der Waals surface area contributed by atoms with E-state index >= 15 is 0 Å². The molecule has 0 aliphatic carbocycles. The monoisotopic (exact) mass is 215 g/mol. The van der Waals surface area contributed by atoms with Crippen LogP contribution < -0.4 is 0 Å². The fourth-order valence-corrected chi connectivity index (χ4v) is 1.37. The summed E-state index contributed by atoms with van der Waals surface area (Å²) < 4.78 is 0. The Morgan fingerprint density at radius 2 is 1.85 bits per heavy atom. The van der Waals surface area contributed by atoms with Crippen LogP contribution in [-0.4, -0.2) is 11.1 Å². The van der Waals surface area contributed by atoms with Crippen LogP contribution in [0.2, 0.25) is 10.0 Å². The summed E-state index contributed by atoms with van der Waals surface area (Å²) in [4.78, 5) is 10.5. The number of nitriles is 1. The van der Waals surface area contributed by atoms with Gasteiger partial charge in [0.15, 0.2) is 0 Å². The second-order valence-electron chi connectivity index (χ2n) is 2.23. The largest absolute Gasteiger partial charge is 0.478 e. The fourth-order valence-electron chi connectivity index (χ4n) is 0.803. The smallest absolute Gasteiger partial charge is 0.335 e. The average Bonchev–Trinajstić information content (AvgIpc) is 2.03. The van der Waals surface area contributed by atoms with E-state index in [1.807, 2.05) is 0 Å². The average molecular weight is 216 g/mol. The molecule has 0 amide bonds. The first-order chi connectivity index (χ1) is 6.06. The Balaban J connectivity index is 3.39. The van der Waals surface area contributed by atoms with Crippen LogP contribution in [0, 0.1) is 11.3 Å². The third kappa shape index (κ3) is 1.92. The molecule has 0 atom stereocenters. The molecule has 3 nitrogen and oxygen atoms in total. The Hall–Kier alpha value is -1.24. The number of aromatic carboxylic acids is 1. The van der Waals surface area contributed by atoms with E-state index < -0.39 is 5.97 Å². The molecule has 0 aliphatic heterocycles. The molecule has 13 heavy (non-hydrogen) atoms. The van der Waals surface area contributed by atoms with Crippen LogP contribution in [0.15, 0.2) is 12.1 Å². The molecule has 0 bridgehead atoms. The van der Waals surface area contributed by atoms with Crippen LogP contribution in [0.1, 0.15) is 15.9 Å².